The number of anilines is 1. The molecular weight excluding hydrogens is 585 g/mol. The average molecular weight is 603 g/mol. The van der Waals surface area contributed by atoms with Crippen LogP contribution >= 0.6 is 11.6 Å². The molecule has 0 fully saturated rings. The molecule has 0 radical (unpaired) electrons. The highest BCUT2D eigenvalue weighted by Crippen LogP contribution is 2.31. The van der Waals surface area contributed by atoms with E-state index in [9.17, 15) is 39.9 Å². The molecule has 0 aliphatic rings. The zero-order valence-corrected chi connectivity index (χ0v) is 22.1. The maximum Gasteiger partial charge on any atom is 0.501 e. The molecule has 0 bridgehead atoms. The van der Waals surface area contributed by atoms with Crippen LogP contribution in [0, 0.1) is 6.92 Å². The van der Waals surface area contributed by atoms with E-state index in [1.165, 1.54) is 49.6 Å². The summed E-state index contributed by atoms with van der Waals surface area (Å²) in [5, 5.41) is 11.0. The summed E-state index contributed by atoms with van der Waals surface area (Å²) in [6, 6.07) is 10.1. The Morgan fingerprint density at radius 3 is 2.15 bits per heavy atom. The van der Waals surface area contributed by atoms with Gasteiger partial charge in [-0.25, -0.2) is 26.2 Å². The molecule has 2 N–H and O–H groups in total. The predicted octanol–water partition coefficient (Wildman–Crippen LogP) is 3.84. The minimum Gasteiger partial charge on any atom is -0.493 e. The van der Waals surface area contributed by atoms with E-state index in [1.807, 2.05) is 0 Å². The van der Waals surface area contributed by atoms with Crippen LogP contribution in [0.5, 0.6) is 5.88 Å². The van der Waals surface area contributed by atoms with Gasteiger partial charge in [0.25, 0.3) is 19.9 Å². The Morgan fingerprint density at radius 1 is 0.974 bits per heavy atom. The molecule has 2 aromatic heterocycles. The Bertz CT molecular complexity index is 1820. The van der Waals surface area contributed by atoms with Crippen molar-refractivity contribution >= 4 is 37.1 Å². The van der Waals surface area contributed by atoms with Crippen molar-refractivity contribution in [2.75, 3.05) is 4.72 Å². The van der Waals surface area contributed by atoms with Gasteiger partial charge in [0.05, 0.1) is 39.6 Å². The highest BCUT2D eigenvalue weighted by atomic mass is 35.5. The number of sulfone groups is 1. The number of rotatable bonds is 7. The molecule has 4 rings (SSSR count). The molecule has 0 atom stereocenters. The van der Waals surface area contributed by atoms with Gasteiger partial charge in [-0.1, -0.05) is 11.6 Å². The number of aromatic hydroxyl groups is 1. The number of hydrogen-bond donors (Lipinski definition) is 2. The summed E-state index contributed by atoms with van der Waals surface area (Å²) < 4.78 is 91.8. The third kappa shape index (κ3) is 5.37. The predicted molar refractivity (Wildman–Crippen MR) is 135 cm³/mol. The van der Waals surface area contributed by atoms with Gasteiger partial charge in [-0.3, -0.25) is 14.3 Å². The summed E-state index contributed by atoms with van der Waals surface area (Å²) in [5.74, 6) is -0.552. The number of sulfonamides is 1. The van der Waals surface area contributed by atoms with Crippen molar-refractivity contribution in [3.63, 3.8) is 0 Å². The maximum atomic E-state index is 13.2. The van der Waals surface area contributed by atoms with Crippen molar-refractivity contribution in [3.05, 3.63) is 93.8 Å². The van der Waals surface area contributed by atoms with Crippen molar-refractivity contribution in [3.8, 4) is 11.6 Å². The van der Waals surface area contributed by atoms with Crippen LogP contribution < -0.4 is 10.4 Å². The smallest absolute Gasteiger partial charge is 0.493 e. The summed E-state index contributed by atoms with van der Waals surface area (Å²) in [4.78, 5) is 16.0. The normalized spacial score (nSPS) is 12.4. The molecule has 39 heavy (non-hydrogen) atoms. The molecule has 0 amide bonds. The summed E-state index contributed by atoms with van der Waals surface area (Å²) >= 11 is 5.82. The quantitative estimate of drug-likeness (QED) is 0.327. The van der Waals surface area contributed by atoms with Crippen LogP contribution in [0.1, 0.15) is 11.3 Å². The summed E-state index contributed by atoms with van der Waals surface area (Å²) in [6.07, 6.45) is 2.60. The molecule has 0 spiro atoms. The van der Waals surface area contributed by atoms with Crippen molar-refractivity contribution in [2.24, 2.45) is 0 Å². The van der Waals surface area contributed by atoms with Gasteiger partial charge in [-0.15, -0.1) is 0 Å². The number of alkyl halides is 3. The van der Waals surface area contributed by atoms with Crippen LogP contribution in [-0.4, -0.2) is 41.6 Å². The van der Waals surface area contributed by atoms with Crippen LogP contribution in [-0.2, 0) is 26.4 Å². The first-order valence-electron chi connectivity index (χ1n) is 10.8. The fraction of sp³-hybridized carbons (Fsp3) is 0.130. The molecule has 0 unspecified atom stereocenters. The van der Waals surface area contributed by atoms with Gasteiger partial charge < -0.3 is 5.11 Å². The molecule has 4 aromatic rings. The first kappa shape index (κ1) is 28.2. The number of nitrogens with one attached hydrogen (secondary N) is 1. The van der Waals surface area contributed by atoms with E-state index >= 15 is 0 Å². The minimum absolute atomic E-state index is 0.0488. The average Bonchev–Trinajstić information content (AvgIpc) is 3.07. The number of pyridine rings is 1. The highest BCUT2D eigenvalue weighted by molar-refractivity contribution is 7.92. The Morgan fingerprint density at radius 2 is 1.56 bits per heavy atom. The number of benzene rings is 2. The second kappa shape index (κ2) is 10.1. The van der Waals surface area contributed by atoms with Crippen molar-refractivity contribution in [1.82, 2.24) is 14.1 Å². The van der Waals surface area contributed by atoms with E-state index in [0.29, 0.717) is 22.7 Å². The summed E-state index contributed by atoms with van der Waals surface area (Å²) in [6.45, 7) is 1.17. The monoisotopic (exact) mass is 602 g/mol. The lowest BCUT2D eigenvalue weighted by Crippen LogP contribution is -2.25. The Labute approximate surface area is 224 Å². The molecule has 0 aliphatic carbocycles. The lowest BCUT2D eigenvalue weighted by atomic mass is 10.2. The van der Waals surface area contributed by atoms with Gasteiger partial charge in [0.1, 0.15) is 0 Å². The largest absolute Gasteiger partial charge is 0.501 e. The SMILES string of the molecule is Cc1c(O)n(-c2ccc(S(=O)(=O)C(F)(F)F)cc2)c(=O)n1Cc1ccncc1NS(=O)(=O)c1ccc(Cl)cc1. The number of nitrogens with zero attached hydrogens (tertiary/aromatic N) is 3. The van der Waals surface area contributed by atoms with Gasteiger partial charge in [-0.05, 0) is 67.1 Å². The van der Waals surface area contributed by atoms with Crippen LogP contribution in [0.25, 0.3) is 5.69 Å². The van der Waals surface area contributed by atoms with Crippen LogP contribution in [0.15, 0.2) is 81.6 Å². The number of halogens is 4. The molecule has 0 saturated carbocycles. The molecule has 2 heterocycles. The zero-order valence-electron chi connectivity index (χ0n) is 19.7. The van der Waals surface area contributed by atoms with E-state index in [1.54, 1.807) is 0 Å². The molecule has 16 heteroatoms. The molecule has 2 aromatic carbocycles. The summed E-state index contributed by atoms with van der Waals surface area (Å²) in [7, 11) is -9.66. The van der Waals surface area contributed by atoms with Gasteiger partial charge in [0, 0.05) is 11.2 Å². The van der Waals surface area contributed by atoms with E-state index in [2.05, 4.69) is 9.71 Å². The van der Waals surface area contributed by atoms with Crippen LogP contribution in [0.3, 0.4) is 0 Å². The van der Waals surface area contributed by atoms with Crippen LogP contribution in [0.2, 0.25) is 5.02 Å². The van der Waals surface area contributed by atoms with E-state index in [-0.39, 0.29) is 28.5 Å². The fourth-order valence-electron chi connectivity index (χ4n) is 3.61. The molecule has 10 nitrogen and oxygen atoms in total. The van der Waals surface area contributed by atoms with E-state index < -0.39 is 41.8 Å². The van der Waals surface area contributed by atoms with Crippen molar-refractivity contribution in [2.45, 2.75) is 28.8 Å². The topological polar surface area (TPSA) is 140 Å². The summed E-state index contributed by atoms with van der Waals surface area (Å²) in [5.41, 5.74) is -6.02. The van der Waals surface area contributed by atoms with Gasteiger partial charge in [0.15, 0.2) is 0 Å². The second-order valence-electron chi connectivity index (χ2n) is 8.15. The highest BCUT2D eigenvalue weighted by Gasteiger charge is 2.46. The lowest BCUT2D eigenvalue weighted by molar-refractivity contribution is -0.0436. The van der Waals surface area contributed by atoms with Gasteiger partial charge >= 0.3 is 11.2 Å². The van der Waals surface area contributed by atoms with Crippen LogP contribution in [0.4, 0.5) is 18.9 Å². The number of aromatic nitrogens is 3. The maximum absolute atomic E-state index is 13.2. The fourth-order valence-corrected chi connectivity index (χ4v) is 5.58. The lowest BCUT2D eigenvalue weighted by Gasteiger charge is -2.13. The van der Waals surface area contributed by atoms with Crippen molar-refractivity contribution in [1.29, 1.82) is 0 Å². The molecule has 0 aliphatic heterocycles. The van der Waals surface area contributed by atoms with Gasteiger partial charge in [0.2, 0.25) is 5.88 Å². The third-order valence-electron chi connectivity index (χ3n) is 5.68. The Kier molecular flexibility index (Phi) is 7.27. The molecule has 206 valence electrons. The first-order chi connectivity index (χ1) is 18.1. The Hall–Kier alpha value is -3.82. The van der Waals surface area contributed by atoms with E-state index in [0.717, 1.165) is 21.3 Å². The number of hydrogen-bond acceptors (Lipinski definition) is 7. The van der Waals surface area contributed by atoms with Crippen molar-refractivity contribution < 1.29 is 35.1 Å². The minimum atomic E-state index is -5.60. The first-order valence-corrected chi connectivity index (χ1v) is 14.1. The zero-order chi connectivity index (χ0) is 28.8. The number of imidazole rings is 1. The molecular formula is C23H18ClF3N4O6S2. The third-order valence-corrected chi connectivity index (χ3v) is 8.82. The van der Waals surface area contributed by atoms with E-state index in [4.69, 9.17) is 11.6 Å². The molecule has 0 saturated heterocycles. The standard InChI is InChI=1S/C23H18ClF3N4O6S2/c1-14-21(32)31(17-4-8-18(9-5-17)38(34,35)23(25,26)27)22(33)30(14)13-15-10-11-28-12-20(15)29-39(36,37)19-6-2-16(24)3-7-19/h2-12,29,32H,13H2,1H3. The van der Waals surface area contributed by atoms with Gasteiger partial charge in [-0.2, -0.15) is 13.2 Å². The second-order valence-corrected chi connectivity index (χ2v) is 12.2. The Balaban J connectivity index is 1.69.